The van der Waals surface area contributed by atoms with Gasteiger partial charge >= 0.3 is 11.9 Å². The summed E-state index contributed by atoms with van der Waals surface area (Å²) in [5.74, 6) is -1.83. The van der Waals surface area contributed by atoms with Gasteiger partial charge in [-0.2, -0.15) is 0 Å². The molecule has 0 aromatic heterocycles. The van der Waals surface area contributed by atoms with Crippen LogP contribution in [0.25, 0.3) is 0 Å². The molecule has 0 radical (unpaired) electrons. The Morgan fingerprint density at radius 3 is 1.21 bits per heavy atom. The Kier molecular flexibility index (Phi) is 34.3. The third-order valence-electron chi connectivity index (χ3n) is 1.08. The molecule has 0 rings (SSSR count). The second kappa shape index (κ2) is 25.1. The summed E-state index contributed by atoms with van der Waals surface area (Å²) in [7, 11) is 0. The molecule has 2 N–H and O–H groups in total. The first-order valence-corrected chi connectivity index (χ1v) is 4.88. The molecular formula is C13H18O5Ru. The molecular weight excluding hydrogens is 337 g/mol. The fourth-order valence-electron chi connectivity index (χ4n) is 0.498. The van der Waals surface area contributed by atoms with Gasteiger partial charge in [-0.25, -0.2) is 9.59 Å². The van der Waals surface area contributed by atoms with E-state index in [4.69, 9.17) is 15.0 Å². The number of carboxylic acids is 2. The molecule has 5 nitrogen and oxygen atoms in total. The van der Waals surface area contributed by atoms with Crippen LogP contribution in [0.5, 0.6) is 0 Å². The number of carbonyl (C=O) groups is 3. The summed E-state index contributed by atoms with van der Waals surface area (Å²) in [5, 5.41) is 16.0. The van der Waals surface area contributed by atoms with Crippen LogP contribution in [0, 0.1) is 0 Å². The Labute approximate surface area is 125 Å². The second-order valence-electron chi connectivity index (χ2n) is 2.45. The molecule has 0 aliphatic heterocycles. The summed E-state index contributed by atoms with van der Waals surface area (Å²) in [4.78, 5) is 27.5. The molecule has 0 unspecified atom stereocenters. The zero-order valence-electron chi connectivity index (χ0n) is 10.8. The Morgan fingerprint density at radius 2 is 1.05 bits per heavy atom. The van der Waals surface area contributed by atoms with Crippen LogP contribution in [0.2, 0.25) is 0 Å². The van der Waals surface area contributed by atoms with Crippen molar-refractivity contribution in [2.24, 2.45) is 0 Å². The monoisotopic (exact) mass is 356 g/mol. The average molecular weight is 355 g/mol. The van der Waals surface area contributed by atoms with Crippen LogP contribution in [-0.4, -0.2) is 28.9 Å². The molecule has 0 aliphatic carbocycles. The third kappa shape index (κ3) is 48.6. The molecule has 0 bridgehead atoms. The predicted molar refractivity (Wildman–Crippen MR) is 70.3 cm³/mol. The fourth-order valence-corrected chi connectivity index (χ4v) is 0.498. The first-order valence-electron chi connectivity index (χ1n) is 4.88. The smallest absolute Gasteiger partial charge is 0.328 e. The zero-order chi connectivity index (χ0) is 14.8. The Bertz CT molecular complexity index is 298. The van der Waals surface area contributed by atoms with Gasteiger partial charge in [0.15, 0.2) is 0 Å². The normalized spacial score (nSPS) is 9.58. The van der Waals surface area contributed by atoms with Crippen LogP contribution < -0.4 is 0 Å². The number of rotatable bonds is 4. The number of hydrogen-bond acceptors (Lipinski definition) is 3. The van der Waals surface area contributed by atoms with Gasteiger partial charge in [0.1, 0.15) is 6.79 Å². The van der Waals surface area contributed by atoms with Crippen molar-refractivity contribution in [1.82, 2.24) is 0 Å². The number of allylic oxidation sites excluding steroid dienone is 6. The molecule has 0 saturated carbocycles. The number of aliphatic carboxylic acids is 2. The molecule has 0 atom stereocenters. The van der Waals surface area contributed by atoms with Gasteiger partial charge in [0.05, 0.1) is 0 Å². The first kappa shape index (κ1) is 25.9. The van der Waals surface area contributed by atoms with Crippen LogP contribution in [-0.2, 0) is 33.9 Å². The Hall–Kier alpha value is -1.81. The van der Waals surface area contributed by atoms with E-state index in [-0.39, 0.29) is 19.5 Å². The quantitative estimate of drug-likeness (QED) is 0.458. The number of carbonyl (C=O) groups excluding carboxylic acids is 1. The molecule has 0 spiro atoms. The molecule has 0 aromatic carbocycles. The molecule has 19 heavy (non-hydrogen) atoms. The van der Waals surface area contributed by atoms with Gasteiger partial charge in [-0.3, -0.25) is 0 Å². The fraction of sp³-hybridized carbons (Fsp3) is 0.154. The van der Waals surface area contributed by atoms with E-state index in [0.717, 1.165) is 12.2 Å². The van der Waals surface area contributed by atoms with Crippen LogP contribution in [0.3, 0.4) is 0 Å². The minimum Gasteiger partial charge on any atom is -0.478 e. The molecule has 0 fully saturated rings. The van der Waals surface area contributed by atoms with Crippen LogP contribution in [0.4, 0.5) is 0 Å². The summed E-state index contributed by atoms with van der Waals surface area (Å²) >= 11 is 0. The molecule has 6 heteroatoms. The topological polar surface area (TPSA) is 91.7 Å². The van der Waals surface area contributed by atoms with Gasteiger partial charge in [0, 0.05) is 31.6 Å². The summed E-state index contributed by atoms with van der Waals surface area (Å²) in [6.45, 7) is 5.65. The van der Waals surface area contributed by atoms with E-state index in [1.165, 1.54) is 12.2 Å². The second-order valence-corrected chi connectivity index (χ2v) is 2.45. The van der Waals surface area contributed by atoms with Crippen LogP contribution in [0.1, 0.15) is 13.8 Å². The van der Waals surface area contributed by atoms with Gasteiger partial charge in [-0.15, -0.1) is 0 Å². The summed E-state index contributed by atoms with van der Waals surface area (Å²) < 4.78 is 0. The van der Waals surface area contributed by atoms with Crippen molar-refractivity contribution in [3.8, 4) is 0 Å². The maximum absolute atomic E-state index is 9.75. The molecule has 0 heterocycles. The van der Waals surface area contributed by atoms with Gasteiger partial charge in [0.2, 0.25) is 0 Å². The summed E-state index contributed by atoms with van der Waals surface area (Å²) in [5.41, 5.74) is 0. The standard InChI is InChI=1S/2C6H8O2.CH2O.Ru/c2*1-2-3-4-5-6(7)8;1-2;/h2*2-5H,1H3,(H,7,8);1H2;. The first-order chi connectivity index (χ1) is 8.54. The van der Waals surface area contributed by atoms with E-state index in [1.54, 1.807) is 24.3 Å². The Balaban J connectivity index is -0.0000000999. The van der Waals surface area contributed by atoms with Crippen molar-refractivity contribution in [3.05, 3.63) is 48.6 Å². The van der Waals surface area contributed by atoms with Crippen molar-refractivity contribution >= 4 is 18.7 Å². The van der Waals surface area contributed by atoms with E-state index >= 15 is 0 Å². The molecule has 0 aromatic rings. The van der Waals surface area contributed by atoms with Crippen molar-refractivity contribution in [2.45, 2.75) is 13.8 Å². The van der Waals surface area contributed by atoms with Gasteiger partial charge in [0.25, 0.3) is 0 Å². The van der Waals surface area contributed by atoms with Gasteiger partial charge < -0.3 is 15.0 Å². The van der Waals surface area contributed by atoms with Crippen LogP contribution in [0.15, 0.2) is 48.6 Å². The average Bonchev–Trinajstić information content (AvgIpc) is 2.32. The van der Waals surface area contributed by atoms with Crippen molar-refractivity contribution in [3.63, 3.8) is 0 Å². The van der Waals surface area contributed by atoms with Crippen LogP contribution >= 0.6 is 0 Å². The maximum atomic E-state index is 9.75. The van der Waals surface area contributed by atoms with E-state index in [9.17, 15) is 9.59 Å². The Morgan fingerprint density at radius 1 is 0.789 bits per heavy atom. The number of carboxylic acid groups (broad SMARTS) is 2. The minimum absolute atomic E-state index is 0. The minimum atomic E-state index is -0.914. The summed E-state index contributed by atoms with van der Waals surface area (Å²) in [6, 6.07) is 0. The number of hydrogen-bond donors (Lipinski definition) is 2. The predicted octanol–water partition coefficient (Wildman–Crippen LogP) is 2.22. The van der Waals surface area contributed by atoms with Crippen molar-refractivity contribution in [1.29, 1.82) is 0 Å². The molecule has 0 saturated heterocycles. The molecule has 0 aliphatic rings. The van der Waals surface area contributed by atoms with E-state index < -0.39 is 11.9 Å². The molecule has 0 amide bonds. The van der Waals surface area contributed by atoms with E-state index in [2.05, 4.69) is 0 Å². The SMILES string of the molecule is C=O.CC=CC=CC(=O)O.CC=CC=CC(=O)O.[Ru]. The van der Waals surface area contributed by atoms with E-state index in [0.29, 0.717) is 0 Å². The van der Waals surface area contributed by atoms with Crippen molar-refractivity contribution in [2.75, 3.05) is 0 Å². The molecule has 108 valence electrons. The van der Waals surface area contributed by atoms with Gasteiger partial charge in [-0.1, -0.05) is 36.5 Å². The zero-order valence-corrected chi connectivity index (χ0v) is 12.5. The van der Waals surface area contributed by atoms with Crippen molar-refractivity contribution < 1.29 is 44.1 Å². The van der Waals surface area contributed by atoms with E-state index in [1.807, 2.05) is 20.6 Å². The largest absolute Gasteiger partial charge is 0.478 e. The summed E-state index contributed by atoms with van der Waals surface area (Å²) in [6.07, 6.45) is 12.0. The maximum Gasteiger partial charge on any atom is 0.328 e. The van der Waals surface area contributed by atoms with Gasteiger partial charge in [-0.05, 0) is 13.8 Å². The third-order valence-corrected chi connectivity index (χ3v) is 1.08.